The number of aliphatic hydroxyl groups is 1. The number of benzene rings is 1. The molecule has 0 aliphatic heterocycles. The molecule has 0 spiro atoms. The van der Waals surface area contributed by atoms with Crippen molar-refractivity contribution >= 4 is 0 Å². The second kappa shape index (κ2) is 6.34. The van der Waals surface area contributed by atoms with Gasteiger partial charge in [-0.2, -0.15) is 0 Å². The van der Waals surface area contributed by atoms with Gasteiger partial charge < -0.3 is 10.2 Å². The molecule has 142 valence electrons. The summed E-state index contributed by atoms with van der Waals surface area (Å²) in [6.45, 7) is 2.34. The van der Waals surface area contributed by atoms with Crippen LogP contribution in [0.5, 0.6) is 5.75 Å². The van der Waals surface area contributed by atoms with E-state index in [1.807, 2.05) is 30.5 Å². The van der Waals surface area contributed by atoms with Crippen LogP contribution in [0.1, 0.15) is 55.3 Å². The second-order valence-corrected chi connectivity index (χ2v) is 9.31. The highest BCUT2D eigenvalue weighted by molar-refractivity contribution is 5.40. The standard InChI is InChI=1S/C24H29NO2/c1-24-10-9-20-19-8-6-18(26)13-15(19)5-7-21(20)22(24)14-16(23(24)27)12-17-4-2-3-11-25-17/h2-4,6,8,11,13,16,20-23,26-27H,5,7,9-10,12,14H2,1H3/t16?,20?,21?,22?,23-,24-/m0/s1. The second-order valence-electron chi connectivity index (χ2n) is 9.31. The molecular weight excluding hydrogens is 334 g/mol. The number of pyridine rings is 1. The zero-order chi connectivity index (χ0) is 18.6. The lowest BCUT2D eigenvalue weighted by Crippen LogP contribution is -2.44. The van der Waals surface area contributed by atoms with Gasteiger partial charge in [-0.25, -0.2) is 0 Å². The molecule has 2 saturated carbocycles. The van der Waals surface area contributed by atoms with Gasteiger partial charge in [0.25, 0.3) is 0 Å². The van der Waals surface area contributed by atoms with E-state index in [1.54, 1.807) is 0 Å². The number of hydrogen-bond donors (Lipinski definition) is 2. The Labute approximate surface area is 161 Å². The van der Waals surface area contributed by atoms with Crippen molar-refractivity contribution in [1.29, 1.82) is 0 Å². The number of nitrogens with zero attached hydrogens (tertiary/aromatic N) is 1. The summed E-state index contributed by atoms with van der Waals surface area (Å²) in [5.41, 5.74) is 3.93. The van der Waals surface area contributed by atoms with E-state index in [0.29, 0.717) is 29.4 Å². The largest absolute Gasteiger partial charge is 0.508 e. The molecule has 0 saturated heterocycles. The summed E-state index contributed by atoms with van der Waals surface area (Å²) in [6, 6.07) is 12.1. The van der Waals surface area contributed by atoms with Crippen molar-refractivity contribution in [1.82, 2.24) is 4.98 Å². The molecule has 4 unspecified atom stereocenters. The van der Waals surface area contributed by atoms with Gasteiger partial charge in [-0.15, -0.1) is 0 Å². The maximum Gasteiger partial charge on any atom is 0.115 e. The van der Waals surface area contributed by atoms with E-state index in [9.17, 15) is 10.2 Å². The Balaban J connectivity index is 1.42. The van der Waals surface area contributed by atoms with Crippen molar-refractivity contribution in [2.75, 3.05) is 0 Å². The summed E-state index contributed by atoms with van der Waals surface area (Å²) in [7, 11) is 0. The fourth-order valence-electron chi connectivity index (χ4n) is 6.70. The zero-order valence-corrected chi connectivity index (χ0v) is 16.0. The monoisotopic (exact) mass is 363 g/mol. The molecule has 3 aliphatic rings. The summed E-state index contributed by atoms with van der Waals surface area (Å²) in [4.78, 5) is 4.50. The third kappa shape index (κ3) is 2.70. The molecule has 2 fully saturated rings. The summed E-state index contributed by atoms with van der Waals surface area (Å²) < 4.78 is 0. The number of aromatic nitrogens is 1. The van der Waals surface area contributed by atoms with Gasteiger partial charge in [0, 0.05) is 11.9 Å². The Bertz CT molecular complexity index is 836. The first kappa shape index (κ1) is 17.2. The highest BCUT2D eigenvalue weighted by Gasteiger charge is 2.57. The summed E-state index contributed by atoms with van der Waals surface area (Å²) in [6.07, 6.45) is 8.12. The fourth-order valence-corrected chi connectivity index (χ4v) is 6.70. The van der Waals surface area contributed by atoms with Gasteiger partial charge in [-0.05, 0) is 103 Å². The van der Waals surface area contributed by atoms with Gasteiger partial charge >= 0.3 is 0 Å². The molecule has 5 rings (SSSR count). The number of phenols is 1. The minimum Gasteiger partial charge on any atom is -0.508 e. The predicted molar refractivity (Wildman–Crippen MR) is 106 cm³/mol. The summed E-state index contributed by atoms with van der Waals surface area (Å²) >= 11 is 0. The molecule has 1 aromatic heterocycles. The lowest BCUT2D eigenvalue weighted by atomic mass is 9.55. The number of aromatic hydroxyl groups is 1. The van der Waals surface area contributed by atoms with Crippen LogP contribution < -0.4 is 0 Å². The van der Waals surface area contributed by atoms with Crippen LogP contribution in [0.4, 0.5) is 0 Å². The molecule has 3 heteroatoms. The quantitative estimate of drug-likeness (QED) is 0.827. The van der Waals surface area contributed by atoms with Crippen LogP contribution >= 0.6 is 0 Å². The molecule has 2 N–H and O–H groups in total. The maximum absolute atomic E-state index is 11.3. The third-order valence-corrected chi connectivity index (χ3v) is 8.02. The van der Waals surface area contributed by atoms with Crippen LogP contribution in [0.25, 0.3) is 0 Å². The van der Waals surface area contributed by atoms with E-state index >= 15 is 0 Å². The molecule has 2 aromatic rings. The van der Waals surface area contributed by atoms with E-state index in [2.05, 4.69) is 24.0 Å². The number of aliphatic hydroxyl groups excluding tert-OH is 1. The molecule has 1 aromatic carbocycles. The van der Waals surface area contributed by atoms with Crippen molar-refractivity contribution in [2.24, 2.45) is 23.2 Å². The van der Waals surface area contributed by atoms with Gasteiger partial charge in [0.05, 0.1) is 6.10 Å². The Morgan fingerprint density at radius 3 is 2.89 bits per heavy atom. The molecule has 0 bridgehead atoms. The van der Waals surface area contributed by atoms with Crippen molar-refractivity contribution in [3.8, 4) is 5.75 Å². The van der Waals surface area contributed by atoms with Crippen molar-refractivity contribution in [3.05, 3.63) is 59.4 Å². The fraction of sp³-hybridized carbons (Fsp3) is 0.542. The first-order valence-electron chi connectivity index (χ1n) is 10.5. The van der Waals surface area contributed by atoms with Gasteiger partial charge in [-0.1, -0.05) is 19.1 Å². The molecule has 27 heavy (non-hydrogen) atoms. The summed E-state index contributed by atoms with van der Waals surface area (Å²) in [5, 5.41) is 21.1. The van der Waals surface area contributed by atoms with Crippen molar-refractivity contribution < 1.29 is 10.2 Å². The summed E-state index contributed by atoms with van der Waals surface area (Å²) in [5.74, 6) is 2.54. The molecule has 0 amide bonds. The average Bonchev–Trinajstić information content (AvgIpc) is 2.93. The predicted octanol–water partition coefficient (Wildman–Crippen LogP) is 4.47. The smallest absolute Gasteiger partial charge is 0.115 e. The Kier molecular flexibility index (Phi) is 4.05. The highest BCUT2D eigenvalue weighted by Crippen LogP contribution is 2.62. The van der Waals surface area contributed by atoms with Crippen LogP contribution in [-0.2, 0) is 12.8 Å². The zero-order valence-electron chi connectivity index (χ0n) is 16.0. The molecule has 1 heterocycles. The first-order valence-corrected chi connectivity index (χ1v) is 10.5. The number of phenolic OH excluding ortho intramolecular Hbond substituents is 1. The van der Waals surface area contributed by atoms with E-state index in [1.165, 1.54) is 17.5 Å². The normalized spacial score (nSPS) is 37.3. The highest BCUT2D eigenvalue weighted by atomic mass is 16.3. The van der Waals surface area contributed by atoms with Gasteiger partial charge in [0.15, 0.2) is 0 Å². The van der Waals surface area contributed by atoms with Crippen LogP contribution in [0.3, 0.4) is 0 Å². The van der Waals surface area contributed by atoms with Crippen LogP contribution in [-0.4, -0.2) is 21.3 Å². The third-order valence-electron chi connectivity index (χ3n) is 8.02. The van der Waals surface area contributed by atoms with Crippen LogP contribution in [0, 0.1) is 23.2 Å². The minimum atomic E-state index is -0.230. The lowest BCUT2D eigenvalue weighted by Gasteiger charge is -2.50. The Morgan fingerprint density at radius 1 is 1.19 bits per heavy atom. The Morgan fingerprint density at radius 2 is 2.07 bits per heavy atom. The average molecular weight is 364 g/mol. The number of hydrogen-bond acceptors (Lipinski definition) is 3. The van der Waals surface area contributed by atoms with Gasteiger partial charge in [0.1, 0.15) is 5.75 Å². The van der Waals surface area contributed by atoms with E-state index in [0.717, 1.165) is 37.8 Å². The molecule has 3 nitrogen and oxygen atoms in total. The van der Waals surface area contributed by atoms with E-state index in [4.69, 9.17) is 0 Å². The SMILES string of the molecule is C[C@]12CCC3c4ccc(O)cc4CCC3C1CC(Cc1ccccn1)[C@@H]2O. The van der Waals surface area contributed by atoms with Crippen LogP contribution in [0.15, 0.2) is 42.6 Å². The minimum absolute atomic E-state index is 0.0367. The number of aryl methyl sites for hydroxylation is 1. The molecule has 3 aliphatic carbocycles. The van der Waals surface area contributed by atoms with Crippen molar-refractivity contribution in [2.45, 2.75) is 57.5 Å². The first-order chi connectivity index (χ1) is 13.1. The topological polar surface area (TPSA) is 53.4 Å². The number of rotatable bonds is 2. The molecule has 0 radical (unpaired) electrons. The van der Waals surface area contributed by atoms with E-state index in [-0.39, 0.29) is 11.5 Å². The van der Waals surface area contributed by atoms with Crippen LogP contribution in [0.2, 0.25) is 0 Å². The maximum atomic E-state index is 11.3. The Hall–Kier alpha value is -1.87. The number of fused-ring (bicyclic) bond motifs is 5. The van der Waals surface area contributed by atoms with E-state index < -0.39 is 0 Å². The van der Waals surface area contributed by atoms with Gasteiger partial charge in [0.2, 0.25) is 0 Å². The van der Waals surface area contributed by atoms with Gasteiger partial charge in [-0.3, -0.25) is 4.98 Å². The molecule has 6 atom stereocenters. The molecular formula is C24H29NO2. The lowest BCUT2D eigenvalue weighted by molar-refractivity contribution is -0.0326. The van der Waals surface area contributed by atoms with Crippen molar-refractivity contribution in [3.63, 3.8) is 0 Å².